The van der Waals surface area contributed by atoms with Crippen LogP contribution in [0.25, 0.3) is 0 Å². The molecule has 1 amide bonds. The molecule has 0 saturated heterocycles. The van der Waals surface area contributed by atoms with Crippen molar-refractivity contribution in [1.82, 2.24) is 4.72 Å². The maximum absolute atomic E-state index is 12.8. The molecule has 1 aliphatic rings. The van der Waals surface area contributed by atoms with Crippen LogP contribution in [-0.4, -0.2) is 34.1 Å². The van der Waals surface area contributed by atoms with Crippen LogP contribution in [-0.2, 0) is 27.8 Å². The number of methoxy groups -OCH3 is 1. The maximum Gasteiger partial charge on any atom is 0.240 e. The van der Waals surface area contributed by atoms with Gasteiger partial charge in [0.2, 0.25) is 15.9 Å². The molecule has 2 aromatic rings. The molecule has 0 aliphatic carbocycles. The van der Waals surface area contributed by atoms with E-state index >= 15 is 0 Å². The van der Waals surface area contributed by atoms with Crippen molar-refractivity contribution in [2.24, 2.45) is 0 Å². The van der Waals surface area contributed by atoms with E-state index in [1.165, 1.54) is 13.0 Å². The zero-order chi connectivity index (χ0) is 21.2. The molecule has 0 radical (unpaired) electrons. The molecule has 0 bridgehead atoms. The number of fused-ring (bicyclic) bond motifs is 1. The van der Waals surface area contributed by atoms with Crippen LogP contribution in [0.4, 0.5) is 5.69 Å². The van der Waals surface area contributed by atoms with Crippen molar-refractivity contribution >= 4 is 21.6 Å². The fourth-order valence-corrected chi connectivity index (χ4v) is 4.68. The minimum atomic E-state index is -3.70. The number of sulfonamides is 1. The van der Waals surface area contributed by atoms with E-state index in [4.69, 9.17) is 9.47 Å². The predicted molar refractivity (Wildman–Crippen MR) is 111 cm³/mol. The molecular weight excluding hydrogens is 392 g/mol. The Labute approximate surface area is 171 Å². The zero-order valence-corrected chi connectivity index (χ0v) is 17.9. The van der Waals surface area contributed by atoms with Crippen molar-refractivity contribution in [2.75, 3.05) is 18.6 Å². The Morgan fingerprint density at radius 3 is 2.62 bits per heavy atom. The highest BCUT2D eigenvalue weighted by atomic mass is 32.2. The predicted octanol–water partition coefficient (Wildman–Crippen LogP) is 2.87. The van der Waals surface area contributed by atoms with E-state index in [9.17, 15) is 13.2 Å². The van der Waals surface area contributed by atoms with Gasteiger partial charge in [-0.1, -0.05) is 6.07 Å². The number of hydrogen-bond donors (Lipinski definition) is 1. The highest BCUT2D eigenvalue weighted by Crippen LogP contribution is 2.34. The van der Waals surface area contributed by atoms with E-state index in [1.54, 1.807) is 42.3 Å². The van der Waals surface area contributed by atoms with Crippen LogP contribution in [0.3, 0.4) is 0 Å². The standard InChI is InChI=1S/C21H26N2O5S/c1-5-28-20-9-6-16(11-21(20)27-4)13-22-29(25,26)18-7-8-19-17(12-18)10-14(2)23(19)15(3)24/h6-9,11-12,14,22H,5,10,13H2,1-4H3/t14-/m1/s1. The molecule has 1 aliphatic heterocycles. The topological polar surface area (TPSA) is 84.9 Å². The second-order valence-corrected chi connectivity index (χ2v) is 8.74. The highest BCUT2D eigenvalue weighted by Gasteiger charge is 2.30. The van der Waals surface area contributed by atoms with E-state index in [0.717, 1.165) is 16.8 Å². The number of rotatable bonds is 7. The lowest BCUT2D eigenvalue weighted by atomic mass is 10.1. The summed E-state index contributed by atoms with van der Waals surface area (Å²) in [7, 11) is -2.16. The Balaban J connectivity index is 1.77. The molecule has 0 aromatic heterocycles. The van der Waals surface area contributed by atoms with Crippen LogP contribution in [0, 0.1) is 0 Å². The molecular formula is C21H26N2O5S. The van der Waals surface area contributed by atoms with Gasteiger partial charge in [-0.25, -0.2) is 13.1 Å². The van der Waals surface area contributed by atoms with Crippen molar-refractivity contribution in [3.8, 4) is 11.5 Å². The van der Waals surface area contributed by atoms with Crippen LogP contribution < -0.4 is 19.1 Å². The molecule has 0 saturated carbocycles. The van der Waals surface area contributed by atoms with Crippen LogP contribution >= 0.6 is 0 Å². The summed E-state index contributed by atoms with van der Waals surface area (Å²) in [5.41, 5.74) is 2.39. The highest BCUT2D eigenvalue weighted by molar-refractivity contribution is 7.89. The summed E-state index contributed by atoms with van der Waals surface area (Å²) in [6.07, 6.45) is 0.633. The van der Waals surface area contributed by atoms with Gasteiger partial charge in [-0.15, -0.1) is 0 Å². The van der Waals surface area contributed by atoms with Gasteiger partial charge in [0.1, 0.15) is 0 Å². The summed E-state index contributed by atoms with van der Waals surface area (Å²) < 4.78 is 39.0. The van der Waals surface area contributed by atoms with Crippen LogP contribution in [0.2, 0.25) is 0 Å². The number of nitrogens with one attached hydrogen (secondary N) is 1. The third-order valence-corrected chi connectivity index (χ3v) is 6.31. The average molecular weight is 419 g/mol. The molecule has 8 heteroatoms. The van der Waals surface area contributed by atoms with Crippen LogP contribution in [0.5, 0.6) is 11.5 Å². The van der Waals surface area contributed by atoms with Gasteiger partial charge in [-0.3, -0.25) is 4.79 Å². The molecule has 7 nitrogen and oxygen atoms in total. The summed E-state index contributed by atoms with van der Waals surface area (Å²) in [6, 6.07) is 10.2. The van der Waals surface area contributed by atoms with E-state index in [0.29, 0.717) is 24.5 Å². The fraction of sp³-hybridized carbons (Fsp3) is 0.381. The first kappa shape index (κ1) is 21.1. The summed E-state index contributed by atoms with van der Waals surface area (Å²) in [5.74, 6) is 1.12. The van der Waals surface area contributed by atoms with Gasteiger partial charge < -0.3 is 14.4 Å². The largest absolute Gasteiger partial charge is 0.493 e. The molecule has 1 N–H and O–H groups in total. The van der Waals surface area contributed by atoms with E-state index < -0.39 is 10.0 Å². The first-order chi connectivity index (χ1) is 13.8. The van der Waals surface area contributed by atoms with Crippen molar-refractivity contribution in [2.45, 2.75) is 44.7 Å². The SMILES string of the molecule is CCOc1ccc(CNS(=O)(=O)c2ccc3c(c2)C[C@@H](C)N3C(C)=O)cc1OC. The number of benzene rings is 2. The third-order valence-electron chi connectivity index (χ3n) is 4.91. The van der Waals surface area contributed by atoms with Crippen molar-refractivity contribution in [3.05, 3.63) is 47.5 Å². The number of carbonyl (C=O) groups excluding carboxylic acids is 1. The molecule has 0 spiro atoms. The third kappa shape index (κ3) is 4.38. The summed E-state index contributed by atoms with van der Waals surface area (Å²) in [5, 5.41) is 0. The molecule has 1 atom stereocenters. The average Bonchev–Trinajstić information content (AvgIpc) is 3.02. The zero-order valence-electron chi connectivity index (χ0n) is 17.1. The first-order valence-electron chi connectivity index (χ1n) is 9.49. The van der Waals surface area contributed by atoms with E-state index in [1.807, 2.05) is 13.8 Å². The van der Waals surface area contributed by atoms with Crippen molar-refractivity contribution < 1.29 is 22.7 Å². The van der Waals surface area contributed by atoms with E-state index in [2.05, 4.69) is 4.72 Å². The maximum atomic E-state index is 12.8. The van der Waals surface area contributed by atoms with Gasteiger partial charge in [0.15, 0.2) is 11.5 Å². The molecule has 0 unspecified atom stereocenters. The van der Waals surface area contributed by atoms with Gasteiger partial charge in [0.25, 0.3) is 0 Å². The second-order valence-electron chi connectivity index (χ2n) is 6.98. The molecule has 3 rings (SSSR count). The fourth-order valence-electron chi connectivity index (χ4n) is 3.61. The second kappa shape index (κ2) is 8.42. The lowest BCUT2D eigenvalue weighted by Crippen LogP contribution is -2.33. The van der Waals surface area contributed by atoms with Gasteiger partial charge in [0, 0.05) is 25.2 Å². The molecule has 29 heavy (non-hydrogen) atoms. The Hall–Kier alpha value is -2.58. The minimum Gasteiger partial charge on any atom is -0.493 e. The molecule has 2 aromatic carbocycles. The van der Waals surface area contributed by atoms with Crippen LogP contribution in [0.1, 0.15) is 31.9 Å². The lowest BCUT2D eigenvalue weighted by molar-refractivity contribution is -0.116. The number of amides is 1. The van der Waals surface area contributed by atoms with Gasteiger partial charge >= 0.3 is 0 Å². The van der Waals surface area contributed by atoms with Gasteiger partial charge in [-0.05, 0) is 61.7 Å². The normalized spacial score (nSPS) is 15.9. The number of anilines is 1. The Bertz CT molecular complexity index is 1020. The molecule has 156 valence electrons. The van der Waals surface area contributed by atoms with Crippen molar-refractivity contribution in [3.63, 3.8) is 0 Å². The Kier molecular flexibility index (Phi) is 6.14. The van der Waals surface area contributed by atoms with Gasteiger partial charge in [-0.2, -0.15) is 0 Å². The quantitative estimate of drug-likeness (QED) is 0.747. The summed E-state index contributed by atoms with van der Waals surface area (Å²) >= 11 is 0. The molecule has 0 fully saturated rings. The van der Waals surface area contributed by atoms with E-state index in [-0.39, 0.29) is 23.4 Å². The summed E-state index contributed by atoms with van der Waals surface area (Å²) in [4.78, 5) is 13.7. The van der Waals surface area contributed by atoms with Gasteiger partial charge in [0.05, 0.1) is 18.6 Å². The monoisotopic (exact) mass is 418 g/mol. The number of nitrogens with zero attached hydrogens (tertiary/aromatic N) is 1. The number of carbonyl (C=O) groups is 1. The molecule has 1 heterocycles. The smallest absolute Gasteiger partial charge is 0.240 e. The van der Waals surface area contributed by atoms with Crippen molar-refractivity contribution in [1.29, 1.82) is 0 Å². The Morgan fingerprint density at radius 1 is 1.21 bits per heavy atom. The van der Waals surface area contributed by atoms with Crippen LogP contribution in [0.15, 0.2) is 41.3 Å². The first-order valence-corrected chi connectivity index (χ1v) is 11.0. The Morgan fingerprint density at radius 2 is 1.97 bits per heavy atom. The lowest BCUT2D eigenvalue weighted by Gasteiger charge is -2.20. The summed E-state index contributed by atoms with van der Waals surface area (Å²) in [6.45, 7) is 5.99. The minimum absolute atomic E-state index is 0.0183. The number of ether oxygens (including phenoxy) is 2. The number of hydrogen-bond acceptors (Lipinski definition) is 5.